The van der Waals surface area contributed by atoms with Crippen molar-refractivity contribution in [2.75, 3.05) is 10.6 Å². The van der Waals surface area contributed by atoms with E-state index in [1.54, 1.807) is 31.2 Å². The van der Waals surface area contributed by atoms with E-state index in [4.69, 9.17) is 4.74 Å². The molecule has 5 heteroatoms. The van der Waals surface area contributed by atoms with Crippen LogP contribution in [0.4, 0.5) is 11.4 Å². The summed E-state index contributed by atoms with van der Waals surface area (Å²) in [6.07, 6.45) is -0.524. The van der Waals surface area contributed by atoms with Crippen LogP contribution < -0.4 is 15.4 Å². The summed E-state index contributed by atoms with van der Waals surface area (Å²) >= 11 is 0. The summed E-state index contributed by atoms with van der Waals surface area (Å²) in [6, 6.07) is 18.6. The zero-order chi connectivity index (χ0) is 17.4. The van der Waals surface area contributed by atoms with E-state index in [9.17, 15) is 9.59 Å². The Morgan fingerprint density at radius 2 is 1.88 bits per heavy atom. The second kappa shape index (κ2) is 5.94. The highest BCUT2D eigenvalue weighted by molar-refractivity contribution is 6.13. The van der Waals surface area contributed by atoms with Gasteiger partial charge in [0.25, 0.3) is 11.8 Å². The van der Waals surface area contributed by atoms with E-state index in [1.165, 1.54) is 0 Å². The van der Waals surface area contributed by atoms with Crippen LogP contribution in [0.25, 0.3) is 10.8 Å². The van der Waals surface area contributed by atoms with Crippen LogP contribution in [0.3, 0.4) is 0 Å². The van der Waals surface area contributed by atoms with E-state index in [0.29, 0.717) is 22.7 Å². The van der Waals surface area contributed by atoms with Crippen LogP contribution in [-0.4, -0.2) is 17.9 Å². The molecule has 0 aliphatic carbocycles. The van der Waals surface area contributed by atoms with Gasteiger partial charge in [-0.3, -0.25) is 9.59 Å². The maximum absolute atomic E-state index is 12.7. The molecule has 2 amide bonds. The Balaban J connectivity index is 1.63. The number of carbonyl (C=O) groups is 2. The van der Waals surface area contributed by atoms with Gasteiger partial charge in [-0.15, -0.1) is 0 Å². The van der Waals surface area contributed by atoms with Crippen molar-refractivity contribution in [1.29, 1.82) is 0 Å². The van der Waals surface area contributed by atoms with Gasteiger partial charge in [-0.2, -0.15) is 0 Å². The molecule has 0 aromatic heterocycles. The van der Waals surface area contributed by atoms with Crippen molar-refractivity contribution in [3.63, 3.8) is 0 Å². The molecule has 0 fully saturated rings. The highest BCUT2D eigenvalue weighted by Gasteiger charge is 2.23. The lowest BCUT2D eigenvalue weighted by molar-refractivity contribution is -0.122. The van der Waals surface area contributed by atoms with E-state index in [0.717, 1.165) is 10.8 Å². The Morgan fingerprint density at radius 3 is 2.76 bits per heavy atom. The van der Waals surface area contributed by atoms with Gasteiger partial charge in [-0.1, -0.05) is 36.4 Å². The van der Waals surface area contributed by atoms with Crippen molar-refractivity contribution < 1.29 is 14.3 Å². The Kier molecular flexibility index (Phi) is 3.61. The molecule has 0 radical (unpaired) electrons. The maximum Gasteiger partial charge on any atom is 0.265 e. The Bertz CT molecular complexity index is 992. The van der Waals surface area contributed by atoms with E-state index in [-0.39, 0.29) is 11.8 Å². The zero-order valence-electron chi connectivity index (χ0n) is 13.6. The summed E-state index contributed by atoms with van der Waals surface area (Å²) in [4.78, 5) is 24.4. The number of hydrogen-bond donors (Lipinski definition) is 2. The molecule has 5 nitrogen and oxygen atoms in total. The number of nitrogens with one attached hydrogen (secondary N) is 2. The lowest BCUT2D eigenvalue weighted by atomic mass is 10.0. The number of carbonyl (C=O) groups excluding carboxylic acids is 2. The van der Waals surface area contributed by atoms with Crippen molar-refractivity contribution in [2.45, 2.75) is 13.0 Å². The number of fused-ring (bicyclic) bond motifs is 2. The van der Waals surface area contributed by atoms with Gasteiger partial charge >= 0.3 is 0 Å². The molecule has 3 aromatic carbocycles. The molecule has 0 bridgehead atoms. The quantitative estimate of drug-likeness (QED) is 0.750. The fourth-order valence-corrected chi connectivity index (χ4v) is 2.91. The number of ether oxygens (including phenoxy) is 1. The van der Waals surface area contributed by atoms with Crippen LogP contribution in [0.1, 0.15) is 17.3 Å². The highest BCUT2D eigenvalue weighted by Crippen LogP contribution is 2.32. The predicted octanol–water partition coefficient (Wildman–Crippen LogP) is 3.81. The minimum atomic E-state index is -0.524. The number of anilines is 2. The number of benzene rings is 3. The first-order valence-electron chi connectivity index (χ1n) is 8.02. The number of rotatable bonds is 2. The first-order chi connectivity index (χ1) is 12.1. The van der Waals surface area contributed by atoms with E-state index in [2.05, 4.69) is 10.6 Å². The van der Waals surface area contributed by atoms with Crippen LogP contribution in [0.5, 0.6) is 5.75 Å². The molecule has 0 spiro atoms. The van der Waals surface area contributed by atoms with Gasteiger partial charge in [0.15, 0.2) is 6.10 Å². The van der Waals surface area contributed by atoms with Gasteiger partial charge in [-0.05, 0) is 42.0 Å². The normalized spacial score (nSPS) is 15.9. The van der Waals surface area contributed by atoms with E-state index >= 15 is 0 Å². The molecule has 4 rings (SSSR count). The number of hydrogen-bond acceptors (Lipinski definition) is 3. The van der Waals surface area contributed by atoms with Crippen molar-refractivity contribution in [3.05, 3.63) is 66.2 Å². The predicted molar refractivity (Wildman–Crippen MR) is 97.1 cm³/mol. The first kappa shape index (κ1) is 15.2. The molecular formula is C20H16N2O3. The van der Waals surface area contributed by atoms with Crippen molar-refractivity contribution in [2.24, 2.45) is 0 Å². The molecule has 1 atom stereocenters. The van der Waals surface area contributed by atoms with Crippen molar-refractivity contribution >= 4 is 34.0 Å². The summed E-state index contributed by atoms with van der Waals surface area (Å²) in [5, 5.41) is 7.56. The second-order valence-electron chi connectivity index (χ2n) is 5.94. The average molecular weight is 332 g/mol. The monoisotopic (exact) mass is 332 g/mol. The van der Waals surface area contributed by atoms with Crippen LogP contribution in [-0.2, 0) is 4.79 Å². The van der Waals surface area contributed by atoms with Crippen LogP contribution >= 0.6 is 0 Å². The SMILES string of the molecule is C[C@@H]1Oc2ccc(NC(=O)c3cccc4ccccc34)cc2NC1=O. The van der Waals surface area contributed by atoms with Crippen LogP contribution in [0.15, 0.2) is 60.7 Å². The lowest BCUT2D eigenvalue weighted by Crippen LogP contribution is -2.34. The summed E-state index contributed by atoms with van der Waals surface area (Å²) < 4.78 is 5.52. The van der Waals surface area contributed by atoms with Crippen molar-refractivity contribution in [3.8, 4) is 5.75 Å². The Hall–Kier alpha value is -3.34. The minimum absolute atomic E-state index is 0.201. The van der Waals surface area contributed by atoms with Crippen LogP contribution in [0, 0.1) is 0 Å². The summed E-state index contributed by atoms with van der Waals surface area (Å²) in [7, 11) is 0. The minimum Gasteiger partial charge on any atom is -0.479 e. The zero-order valence-corrected chi connectivity index (χ0v) is 13.6. The van der Waals surface area contributed by atoms with Gasteiger partial charge in [0.2, 0.25) is 0 Å². The fraction of sp³-hybridized carbons (Fsp3) is 0.100. The summed E-state index contributed by atoms with van der Waals surface area (Å²) in [6.45, 7) is 1.69. The molecule has 0 unspecified atom stereocenters. The molecular weight excluding hydrogens is 316 g/mol. The molecule has 1 aliphatic heterocycles. The second-order valence-corrected chi connectivity index (χ2v) is 5.94. The molecule has 124 valence electrons. The highest BCUT2D eigenvalue weighted by atomic mass is 16.5. The third-order valence-electron chi connectivity index (χ3n) is 4.20. The van der Waals surface area contributed by atoms with Crippen LogP contribution in [0.2, 0.25) is 0 Å². The smallest absolute Gasteiger partial charge is 0.265 e. The maximum atomic E-state index is 12.7. The first-order valence-corrected chi connectivity index (χ1v) is 8.02. The third kappa shape index (κ3) is 2.80. The third-order valence-corrected chi connectivity index (χ3v) is 4.20. The molecule has 2 N–H and O–H groups in total. The average Bonchev–Trinajstić information content (AvgIpc) is 2.62. The van der Waals surface area contributed by atoms with E-state index < -0.39 is 6.10 Å². The van der Waals surface area contributed by atoms with Gasteiger partial charge < -0.3 is 15.4 Å². The van der Waals surface area contributed by atoms with Gasteiger partial charge in [0, 0.05) is 11.3 Å². The van der Waals surface area contributed by atoms with Gasteiger partial charge in [0.1, 0.15) is 5.75 Å². The van der Waals surface area contributed by atoms with Gasteiger partial charge in [-0.25, -0.2) is 0 Å². The van der Waals surface area contributed by atoms with E-state index in [1.807, 2.05) is 36.4 Å². The van der Waals surface area contributed by atoms with Gasteiger partial charge in [0.05, 0.1) is 5.69 Å². The molecule has 1 aliphatic rings. The summed E-state index contributed by atoms with van der Waals surface area (Å²) in [5.74, 6) is 0.188. The Labute approximate surface area is 144 Å². The standard InChI is InChI=1S/C20H16N2O3/c1-12-19(23)22-17-11-14(9-10-18(17)25-12)21-20(24)16-8-4-6-13-5-2-3-7-15(13)16/h2-12H,1H3,(H,21,24)(H,22,23)/t12-/m0/s1. The Morgan fingerprint density at radius 1 is 1.08 bits per heavy atom. The largest absolute Gasteiger partial charge is 0.479 e. The molecule has 25 heavy (non-hydrogen) atoms. The summed E-state index contributed by atoms with van der Waals surface area (Å²) in [5.41, 5.74) is 1.75. The molecule has 0 saturated carbocycles. The number of amides is 2. The fourth-order valence-electron chi connectivity index (χ4n) is 2.91. The topological polar surface area (TPSA) is 67.4 Å². The molecule has 1 heterocycles. The molecule has 0 saturated heterocycles. The van der Waals surface area contributed by atoms with Crippen molar-refractivity contribution in [1.82, 2.24) is 0 Å². The lowest BCUT2D eigenvalue weighted by Gasteiger charge is -2.23. The molecule has 3 aromatic rings.